The third-order valence-electron chi connectivity index (χ3n) is 3.53. The van der Waals surface area contributed by atoms with Gasteiger partial charge in [-0.2, -0.15) is 0 Å². The summed E-state index contributed by atoms with van der Waals surface area (Å²) >= 11 is 0. The summed E-state index contributed by atoms with van der Waals surface area (Å²) in [5, 5.41) is 0. The SMILES string of the molecule is O=Cc1ccc(Oc2nccnc2C2CCOCC2)cc1. The second-order valence-corrected chi connectivity index (χ2v) is 4.92. The molecule has 0 spiro atoms. The summed E-state index contributed by atoms with van der Waals surface area (Å²) in [4.78, 5) is 19.4. The van der Waals surface area contributed by atoms with Crippen molar-refractivity contribution in [2.24, 2.45) is 0 Å². The van der Waals surface area contributed by atoms with Crippen LogP contribution in [0.1, 0.15) is 34.8 Å². The first-order valence-electron chi connectivity index (χ1n) is 6.98. The van der Waals surface area contributed by atoms with E-state index in [1.807, 2.05) is 0 Å². The molecule has 0 unspecified atom stereocenters. The topological polar surface area (TPSA) is 61.3 Å². The van der Waals surface area contributed by atoms with E-state index >= 15 is 0 Å². The zero-order valence-electron chi connectivity index (χ0n) is 11.6. The van der Waals surface area contributed by atoms with E-state index in [0.29, 0.717) is 23.1 Å². The average molecular weight is 284 g/mol. The fourth-order valence-corrected chi connectivity index (χ4v) is 2.39. The first-order chi connectivity index (χ1) is 10.4. The van der Waals surface area contributed by atoms with Crippen molar-refractivity contribution in [1.29, 1.82) is 0 Å². The molecule has 1 aliphatic rings. The van der Waals surface area contributed by atoms with Crippen molar-refractivity contribution in [3.8, 4) is 11.6 Å². The Bertz CT molecular complexity index is 607. The highest BCUT2D eigenvalue weighted by molar-refractivity contribution is 5.74. The summed E-state index contributed by atoms with van der Waals surface area (Å²) in [6, 6.07) is 6.94. The third kappa shape index (κ3) is 3.25. The molecule has 3 rings (SSSR count). The van der Waals surface area contributed by atoms with Crippen molar-refractivity contribution in [2.45, 2.75) is 18.8 Å². The molecule has 1 aromatic carbocycles. The normalized spacial score (nSPS) is 15.6. The Balaban J connectivity index is 1.82. The molecule has 0 radical (unpaired) electrons. The van der Waals surface area contributed by atoms with E-state index in [0.717, 1.165) is 38.0 Å². The molecule has 1 saturated heterocycles. The van der Waals surface area contributed by atoms with E-state index in [9.17, 15) is 4.79 Å². The van der Waals surface area contributed by atoms with Crippen LogP contribution in [0.3, 0.4) is 0 Å². The van der Waals surface area contributed by atoms with Crippen LogP contribution in [-0.4, -0.2) is 29.5 Å². The Hall–Kier alpha value is -2.27. The van der Waals surface area contributed by atoms with E-state index in [-0.39, 0.29) is 0 Å². The molecule has 2 heterocycles. The first kappa shape index (κ1) is 13.7. The van der Waals surface area contributed by atoms with Crippen LogP contribution < -0.4 is 4.74 Å². The molecule has 5 nitrogen and oxygen atoms in total. The molecule has 1 aliphatic heterocycles. The fourth-order valence-electron chi connectivity index (χ4n) is 2.39. The van der Waals surface area contributed by atoms with Gasteiger partial charge in [-0.3, -0.25) is 9.78 Å². The predicted octanol–water partition coefficient (Wildman–Crippen LogP) is 2.98. The van der Waals surface area contributed by atoms with Crippen LogP contribution >= 0.6 is 0 Å². The lowest BCUT2D eigenvalue weighted by atomic mass is 9.96. The van der Waals surface area contributed by atoms with Crippen molar-refractivity contribution >= 4 is 6.29 Å². The van der Waals surface area contributed by atoms with Gasteiger partial charge in [0, 0.05) is 37.1 Å². The number of hydrogen-bond acceptors (Lipinski definition) is 5. The molecule has 0 saturated carbocycles. The summed E-state index contributed by atoms with van der Waals surface area (Å²) in [6.45, 7) is 1.49. The van der Waals surface area contributed by atoms with Crippen molar-refractivity contribution in [2.75, 3.05) is 13.2 Å². The van der Waals surface area contributed by atoms with Gasteiger partial charge in [0.15, 0.2) is 0 Å². The first-order valence-corrected chi connectivity index (χ1v) is 6.98. The summed E-state index contributed by atoms with van der Waals surface area (Å²) in [7, 11) is 0. The molecule has 1 fully saturated rings. The number of carbonyl (C=O) groups is 1. The highest BCUT2D eigenvalue weighted by Gasteiger charge is 2.22. The highest BCUT2D eigenvalue weighted by atomic mass is 16.5. The number of aromatic nitrogens is 2. The maximum absolute atomic E-state index is 10.7. The maximum atomic E-state index is 10.7. The third-order valence-corrected chi connectivity index (χ3v) is 3.53. The lowest BCUT2D eigenvalue weighted by molar-refractivity contribution is 0.0839. The summed E-state index contributed by atoms with van der Waals surface area (Å²) in [6.07, 6.45) is 5.98. The van der Waals surface area contributed by atoms with E-state index in [1.54, 1.807) is 36.7 Å². The number of nitrogens with zero attached hydrogens (tertiary/aromatic N) is 2. The molecule has 0 bridgehead atoms. The van der Waals surface area contributed by atoms with Crippen LogP contribution in [0.5, 0.6) is 11.6 Å². The smallest absolute Gasteiger partial charge is 0.241 e. The van der Waals surface area contributed by atoms with Gasteiger partial charge in [0.05, 0.1) is 0 Å². The van der Waals surface area contributed by atoms with Gasteiger partial charge in [0.1, 0.15) is 17.7 Å². The molecule has 0 amide bonds. The Morgan fingerprint density at radius 3 is 2.52 bits per heavy atom. The van der Waals surface area contributed by atoms with E-state index in [2.05, 4.69) is 9.97 Å². The number of ether oxygens (including phenoxy) is 2. The fraction of sp³-hybridized carbons (Fsp3) is 0.312. The Morgan fingerprint density at radius 1 is 1.10 bits per heavy atom. The van der Waals surface area contributed by atoms with Crippen LogP contribution in [0.15, 0.2) is 36.7 Å². The molecule has 21 heavy (non-hydrogen) atoms. The van der Waals surface area contributed by atoms with Crippen LogP contribution in [0.25, 0.3) is 0 Å². The van der Waals surface area contributed by atoms with E-state index < -0.39 is 0 Å². The van der Waals surface area contributed by atoms with Gasteiger partial charge in [-0.15, -0.1) is 0 Å². The second kappa shape index (κ2) is 6.45. The standard InChI is InChI=1S/C16H16N2O3/c19-11-12-1-3-14(4-2-12)21-16-15(17-7-8-18-16)13-5-9-20-10-6-13/h1-4,7-8,11,13H,5-6,9-10H2. The van der Waals surface area contributed by atoms with Crippen molar-refractivity contribution < 1.29 is 14.3 Å². The Morgan fingerprint density at radius 2 is 1.81 bits per heavy atom. The number of hydrogen-bond donors (Lipinski definition) is 0. The summed E-state index contributed by atoms with van der Waals surface area (Å²) in [5.41, 5.74) is 1.49. The number of carbonyl (C=O) groups excluding carboxylic acids is 1. The van der Waals surface area contributed by atoms with Crippen molar-refractivity contribution in [1.82, 2.24) is 9.97 Å². The molecule has 0 atom stereocenters. The highest BCUT2D eigenvalue weighted by Crippen LogP contribution is 2.32. The summed E-state index contributed by atoms with van der Waals surface area (Å²) < 4.78 is 11.2. The molecule has 0 aliphatic carbocycles. The molecular weight excluding hydrogens is 268 g/mol. The van der Waals surface area contributed by atoms with Gasteiger partial charge < -0.3 is 9.47 Å². The van der Waals surface area contributed by atoms with Crippen LogP contribution in [0.4, 0.5) is 0 Å². The second-order valence-electron chi connectivity index (χ2n) is 4.92. The zero-order valence-corrected chi connectivity index (χ0v) is 11.6. The van der Waals surface area contributed by atoms with Crippen LogP contribution in [0, 0.1) is 0 Å². The van der Waals surface area contributed by atoms with Crippen LogP contribution in [0.2, 0.25) is 0 Å². The largest absolute Gasteiger partial charge is 0.437 e. The molecule has 5 heteroatoms. The lowest BCUT2D eigenvalue weighted by Crippen LogP contribution is -2.16. The average Bonchev–Trinajstić information content (AvgIpc) is 2.57. The van der Waals surface area contributed by atoms with Gasteiger partial charge in [-0.05, 0) is 37.1 Å². The Kier molecular flexibility index (Phi) is 4.21. The van der Waals surface area contributed by atoms with Gasteiger partial charge in [-0.25, -0.2) is 4.98 Å². The Labute approximate surface area is 123 Å². The molecule has 0 N–H and O–H groups in total. The van der Waals surface area contributed by atoms with Gasteiger partial charge in [0.25, 0.3) is 0 Å². The van der Waals surface area contributed by atoms with Crippen molar-refractivity contribution in [3.63, 3.8) is 0 Å². The maximum Gasteiger partial charge on any atom is 0.241 e. The quantitative estimate of drug-likeness (QED) is 0.808. The number of rotatable bonds is 4. The minimum absolute atomic E-state index is 0.316. The van der Waals surface area contributed by atoms with E-state index in [4.69, 9.17) is 9.47 Å². The summed E-state index contributed by atoms with van der Waals surface area (Å²) in [5.74, 6) is 1.49. The van der Waals surface area contributed by atoms with Crippen LogP contribution in [-0.2, 0) is 4.74 Å². The minimum Gasteiger partial charge on any atom is -0.437 e. The zero-order chi connectivity index (χ0) is 14.5. The predicted molar refractivity (Wildman–Crippen MR) is 76.7 cm³/mol. The van der Waals surface area contributed by atoms with Gasteiger partial charge in [0.2, 0.25) is 5.88 Å². The molecule has 108 valence electrons. The van der Waals surface area contributed by atoms with Gasteiger partial charge >= 0.3 is 0 Å². The van der Waals surface area contributed by atoms with Crippen molar-refractivity contribution in [3.05, 3.63) is 47.9 Å². The molecular formula is C16H16N2O3. The number of benzene rings is 1. The molecule has 1 aromatic heterocycles. The number of aldehydes is 1. The monoisotopic (exact) mass is 284 g/mol. The molecule has 2 aromatic rings. The van der Waals surface area contributed by atoms with E-state index in [1.165, 1.54) is 0 Å². The minimum atomic E-state index is 0.316. The lowest BCUT2D eigenvalue weighted by Gasteiger charge is -2.22. The van der Waals surface area contributed by atoms with Gasteiger partial charge in [-0.1, -0.05) is 0 Å².